The number of rotatable bonds is 4. The topological polar surface area (TPSA) is 49.0 Å². The van der Waals surface area contributed by atoms with Crippen molar-refractivity contribution in [2.75, 3.05) is 13.6 Å². The van der Waals surface area contributed by atoms with Gasteiger partial charge in [-0.2, -0.15) is 18.3 Å². The zero-order valence-electron chi connectivity index (χ0n) is 11.6. The standard InChI is InChI=1S/C14H13F4N3O/c1-21(7-6-14(16,17)18)13(22)12-8-11(19-20-12)9-2-4-10(15)5-3-9/h2-5,8H,6-7H2,1H3,(H,19,20). The number of benzene rings is 1. The average Bonchev–Trinajstić information content (AvgIpc) is 2.93. The predicted molar refractivity (Wildman–Crippen MR) is 71.6 cm³/mol. The van der Waals surface area contributed by atoms with Gasteiger partial charge in [0.1, 0.15) is 11.5 Å². The van der Waals surface area contributed by atoms with E-state index in [9.17, 15) is 22.4 Å². The van der Waals surface area contributed by atoms with Gasteiger partial charge in [-0.1, -0.05) is 0 Å². The first-order valence-electron chi connectivity index (χ1n) is 6.40. The Morgan fingerprint density at radius 2 is 1.91 bits per heavy atom. The number of alkyl halides is 3. The van der Waals surface area contributed by atoms with Gasteiger partial charge < -0.3 is 4.90 Å². The van der Waals surface area contributed by atoms with Crippen LogP contribution in [0.1, 0.15) is 16.9 Å². The maximum Gasteiger partial charge on any atom is 0.390 e. The SMILES string of the molecule is CN(CCC(F)(F)F)C(=O)c1cc(-c2ccc(F)cc2)n[nH]1. The van der Waals surface area contributed by atoms with Gasteiger partial charge in [-0.05, 0) is 30.3 Å². The number of halogens is 4. The molecule has 1 amide bonds. The largest absolute Gasteiger partial charge is 0.390 e. The highest BCUT2D eigenvalue weighted by Crippen LogP contribution is 2.21. The second-order valence-electron chi connectivity index (χ2n) is 4.77. The molecule has 4 nitrogen and oxygen atoms in total. The summed E-state index contributed by atoms with van der Waals surface area (Å²) < 4.78 is 49.3. The van der Waals surface area contributed by atoms with Crippen LogP contribution in [0.4, 0.5) is 17.6 Å². The minimum atomic E-state index is -4.32. The van der Waals surface area contributed by atoms with Crippen LogP contribution < -0.4 is 0 Å². The van der Waals surface area contributed by atoms with Crippen LogP contribution in [0.2, 0.25) is 0 Å². The molecule has 0 aliphatic heterocycles. The van der Waals surface area contributed by atoms with Gasteiger partial charge in [0.05, 0.1) is 12.1 Å². The average molecular weight is 315 g/mol. The molecule has 8 heteroatoms. The molecule has 0 atom stereocenters. The second-order valence-corrected chi connectivity index (χ2v) is 4.77. The first kappa shape index (κ1) is 16.0. The minimum absolute atomic E-state index is 0.0731. The zero-order chi connectivity index (χ0) is 16.3. The number of aromatic nitrogens is 2. The van der Waals surface area contributed by atoms with Crippen molar-refractivity contribution in [3.63, 3.8) is 0 Å². The van der Waals surface area contributed by atoms with Crippen LogP contribution in [0, 0.1) is 5.82 Å². The summed E-state index contributed by atoms with van der Waals surface area (Å²) in [6.07, 6.45) is -5.39. The van der Waals surface area contributed by atoms with E-state index in [1.807, 2.05) is 0 Å². The molecule has 0 fully saturated rings. The Labute approximate surface area is 123 Å². The fourth-order valence-electron chi connectivity index (χ4n) is 1.80. The first-order chi connectivity index (χ1) is 10.3. The highest BCUT2D eigenvalue weighted by Gasteiger charge is 2.28. The third-order valence-electron chi connectivity index (χ3n) is 3.03. The lowest BCUT2D eigenvalue weighted by atomic mass is 10.1. The zero-order valence-corrected chi connectivity index (χ0v) is 11.6. The number of nitrogens with one attached hydrogen (secondary N) is 1. The number of carbonyl (C=O) groups is 1. The number of hydrogen-bond acceptors (Lipinski definition) is 2. The Morgan fingerprint density at radius 3 is 2.50 bits per heavy atom. The molecule has 1 aromatic heterocycles. The van der Waals surface area contributed by atoms with Crippen LogP contribution in [-0.2, 0) is 0 Å². The van der Waals surface area contributed by atoms with Gasteiger partial charge in [-0.25, -0.2) is 4.39 Å². The van der Waals surface area contributed by atoms with Crippen molar-refractivity contribution in [3.8, 4) is 11.3 Å². The van der Waals surface area contributed by atoms with Crippen LogP contribution >= 0.6 is 0 Å². The Bertz CT molecular complexity index is 649. The number of H-pyrrole nitrogens is 1. The Balaban J connectivity index is 2.07. The summed E-state index contributed by atoms with van der Waals surface area (Å²) in [6, 6.07) is 6.90. The number of hydrogen-bond donors (Lipinski definition) is 1. The first-order valence-corrected chi connectivity index (χ1v) is 6.40. The maximum absolute atomic E-state index is 12.8. The van der Waals surface area contributed by atoms with Crippen molar-refractivity contribution in [1.29, 1.82) is 0 Å². The van der Waals surface area contributed by atoms with Crippen molar-refractivity contribution < 1.29 is 22.4 Å². The summed E-state index contributed by atoms with van der Waals surface area (Å²) in [6.45, 7) is -0.437. The quantitative estimate of drug-likeness (QED) is 0.881. The molecule has 22 heavy (non-hydrogen) atoms. The van der Waals surface area contributed by atoms with Gasteiger partial charge in [0, 0.05) is 19.2 Å². The molecule has 0 spiro atoms. The van der Waals surface area contributed by atoms with E-state index in [-0.39, 0.29) is 5.69 Å². The van der Waals surface area contributed by atoms with E-state index >= 15 is 0 Å². The van der Waals surface area contributed by atoms with Crippen LogP contribution in [0.25, 0.3) is 11.3 Å². The van der Waals surface area contributed by atoms with E-state index < -0.39 is 30.9 Å². The van der Waals surface area contributed by atoms with E-state index in [0.29, 0.717) is 11.3 Å². The molecular formula is C14H13F4N3O. The number of amides is 1. The van der Waals surface area contributed by atoms with Crippen LogP contribution in [0.5, 0.6) is 0 Å². The highest BCUT2D eigenvalue weighted by atomic mass is 19.4. The number of carbonyl (C=O) groups excluding carboxylic acids is 1. The maximum atomic E-state index is 12.8. The molecule has 1 heterocycles. The number of nitrogens with zero attached hydrogens (tertiary/aromatic N) is 2. The lowest BCUT2D eigenvalue weighted by Crippen LogP contribution is -2.30. The van der Waals surface area contributed by atoms with Crippen molar-refractivity contribution in [2.24, 2.45) is 0 Å². The summed E-state index contributed by atoms with van der Waals surface area (Å²) in [5.41, 5.74) is 1.08. The summed E-state index contributed by atoms with van der Waals surface area (Å²) in [4.78, 5) is 13.0. The molecule has 118 valence electrons. The van der Waals surface area contributed by atoms with Gasteiger partial charge in [-0.15, -0.1) is 0 Å². The summed E-state index contributed by atoms with van der Waals surface area (Å²) in [7, 11) is 1.28. The molecule has 1 aromatic carbocycles. The number of aromatic amines is 1. The van der Waals surface area contributed by atoms with E-state index in [4.69, 9.17) is 0 Å². The third kappa shape index (κ3) is 4.06. The van der Waals surface area contributed by atoms with Crippen molar-refractivity contribution in [3.05, 3.63) is 41.8 Å². The molecule has 0 saturated heterocycles. The molecule has 0 radical (unpaired) electrons. The lowest BCUT2D eigenvalue weighted by Gasteiger charge is -2.16. The summed E-state index contributed by atoms with van der Waals surface area (Å²) in [5.74, 6) is -0.993. The summed E-state index contributed by atoms with van der Waals surface area (Å²) >= 11 is 0. The Kier molecular flexibility index (Phi) is 4.48. The molecule has 0 unspecified atom stereocenters. The fourth-order valence-corrected chi connectivity index (χ4v) is 1.80. The minimum Gasteiger partial charge on any atom is -0.340 e. The van der Waals surface area contributed by atoms with Gasteiger partial charge in [-0.3, -0.25) is 9.89 Å². The molecule has 0 saturated carbocycles. The molecule has 0 bridgehead atoms. The molecular weight excluding hydrogens is 302 g/mol. The Morgan fingerprint density at radius 1 is 1.27 bits per heavy atom. The molecule has 1 N–H and O–H groups in total. The van der Waals surface area contributed by atoms with E-state index in [1.54, 1.807) is 0 Å². The van der Waals surface area contributed by atoms with Gasteiger partial charge in [0.25, 0.3) is 5.91 Å². The van der Waals surface area contributed by atoms with Crippen molar-refractivity contribution >= 4 is 5.91 Å². The highest BCUT2D eigenvalue weighted by molar-refractivity contribution is 5.93. The van der Waals surface area contributed by atoms with Crippen molar-refractivity contribution in [1.82, 2.24) is 15.1 Å². The monoisotopic (exact) mass is 315 g/mol. The van der Waals surface area contributed by atoms with E-state index in [1.165, 1.54) is 37.4 Å². The van der Waals surface area contributed by atoms with Crippen LogP contribution in [0.3, 0.4) is 0 Å². The molecule has 2 rings (SSSR count). The van der Waals surface area contributed by atoms with E-state index in [0.717, 1.165) is 4.90 Å². The fraction of sp³-hybridized carbons (Fsp3) is 0.286. The van der Waals surface area contributed by atoms with Gasteiger partial charge in [0.2, 0.25) is 0 Å². The second kappa shape index (κ2) is 6.17. The Hall–Kier alpha value is -2.38. The normalized spacial score (nSPS) is 11.5. The molecule has 0 aliphatic carbocycles. The lowest BCUT2D eigenvalue weighted by molar-refractivity contribution is -0.136. The van der Waals surface area contributed by atoms with Gasteiger partial charge in [0.15, 0.2) is 0 Å². The predicted octanol–water partition coefficient (Wildman–Crippen LogP) is 3.24. The molecule has 2 aromatic rings. The summed E-state index contributed by atoms with van der Waals surface area (Å²) in [5, 5.41) is 6.39. The smallest absolute Gasteiger partial charge is 0.340 e. The van der Waals surface area contributed by atoms with E-state index in [2.05, 4.69) is 10.2 Å². The van der Waals surface area contributed by atoms with Gasteiger partial charge >= 0.3 is 6.18 Å². The van der Waals surface area contributed by atoms with Crippen molar-refractivity contribution in [2.45, 2.75) is 12.6 Å². The third-order valence-corrected chi connectivity index (χ3v) is 3.03. The van der Waals surface area contributed by atoms with Crippen LogP contribution in [-0.4, -0.2) is 40.8 Å². The molecule has 0 aliphatic rings. The van der Waals surface area contributed by atoms with Crippen LogP contribution in [0.15, 0.2) is 30.3 Å².